The lowest BCUT2D eigenvalue weighted by atomic mass is 10.2. The van der Waals surface area contributed by atoms with Crippen LogP contribution in [0.1, 0.15) is 18.1 Å². The number of nitrogens with zero attached hydrogens (tertiary/aromatic N) is 3. The molecule has 0 amide bonds. The van der Waals surface area contributed by atoms with Crippen LogP contribution in [0.2, 0.25) is 0 Å². The van der Waals surface area contributed by atoms with Gasteiger partial charge in [0.25, 0.3) is 5.69 Å². The second-order valence-corrected chi connectivity index (χ2v) is 5.59. The highest BCUT2D eigenvalue weighted by molar-refractivity contribution is 5.98. The first-order chi connectivity index (χ1) is 11.7. The monoisotopic (exact) mass is 324 g/mol. The Kier molecular flexibility index (Phi) is 4.74. The summed E-state index contributed by atoms with van der Waals surface area (Å²) in [5.41, 5.74) is 3.18. The largest absolute Gasteiger partial charge is 0.356 e. The molecule has 6 heteroatoms. The number of nitro groups is 1. The zero-order valence-corrected chi connectivity index (χ0v) is 13.6. The number of guanidine groups is 1. The van der Waals surface area contributed by atoms with Crippen molar-refractivity contribution in [3.05, 3.63) is 69.8 Å². The molecule has 0 bridgehead atoms. The first kappa shape index (κ1) is 16.0. The Bertz CT molecular complexity index is 773. The highest BCUT2D eigenvalue weighted by Crippen LogP contribution is 2.27. The molecule has 2 aromatic rings. The molecule has 0 fully saturated rings. The number of benzene rings is 2. The second-order valence-electron chi connectivity index (χ2n) is 5.59. The molecule has 0 saturated carbocycles. The van der Waals surface area contributed by atoms with Gasteiger partial charge >= 0.3 is 0 Å². The molecule has 24 heavy (non-hydrogen) atoms. The standard InChI is InChI=1S/C18H20N4O2/c1-2-19-18(21-12-11-14-7-3-5-9-16(14)21)20-13-15-8-4-6-10-17(15)22(23)24/h3-10H,2,11-13H2,1H3,(H,19,20). The van der Waals surface area contributed by atoms with Gasteiger partial charge in [0.15, 0.2) is 5.96 Å². The molecule has 0 atom stereocenters. The van der Waals surface area contributed by atoms with Crippen LogP contribution in [0.4, 0.5) is 11.4 Å². The first-order valence-corrected chi connectivity index (χ1v) is 8.06. The lowest BCUT2D eigenvalue weighted by Crippen LogP contribution is -2.40. The fourth-order valence-corrected chi connectivity index (χ4v) is 2.94. The van der Waals surface area contributed by atoms with Crippen molar-refractivity contribution in [2.24, 2.45) is 4.99 Å². The smallest absolute Gasteiger partial charge is 0.274 e. The number of hydrogen-bond donors (Lipinski definition) is 1. The van der Waals surface area contributed by atoms with Crippen LogP contribution in [0.5, 0.6) is 0 Å². The number of para-hydroxylation sites is 2. The molecule has 2 aromatic carbocycles. The van der Waals surface area contributed by atoms with Crippen molar-refractivity contribution in [3.63, 3.8) is 0 Å². The van der Waals surface area contributed by atoms with Crippen LogP contribution in [-0.2, 0) is 13.0 Å². The highest BCUT2D eigenvalue weighted by atomic mass is 16.6. The van der Waals surface area contributed by atoms with Gasteiger partial charge in [-0.1, -0.05) is 36.4 Å². The quantitative estimate of drug-likeness (QED) is 0.406. The van der Waals surface area contributed by atoms with E-state index < -0.39 is 0 Å². The van der Waals surface area contributed by atoms with E-state index in [9.17, 15) is 10.1 Å². The number of anilines is 1. The average Bonchev–Trinajstić information content (AvgIpc) is 3.03. The number of rotatable bonds is 4. The number of hydrogen-bond acceptors (Lipinski definition) is 3. The third-order valence-electron chi connectivity index (χ3n) is 4.07. The summed E-state index contributed by atoms with van der Waals surface area (Å²) in [5.74, 6) is 0.764. The normalized spacial score (nSPS) is 13.7. The molecule has 1 aliphatic heterocycles. The summed E-state index contributed by atoms with van der Waals surface area (Å²) >= 11 is 0. The van der Waals surface area contributed by atoms with Crippen molar-refractivity contribution in [3.8, 4) is 0 Å². The molecule has 0 unspecified atom stereocenters. The maximum atomic E-state index is 11.1. The fraction of sp³-hybridized carbons (Fsp3) is 0.278. The molecule has 124 valence electrons. The molecule has 6 nitrogen and oxygen atoms in total. The zero-order valence-electron chi connectivity index (χ0n) is 13.6. The summed E-state index contributed by atoms with van der Waals surface area (Å²) < 4.78 is 0. The van der Waals surface area contributed by atoms with E-state index in [4.69, 9.17) is 0 Å². The van der Waals surface area contributed by atoms with Crippen LogP contribution in [0.3, 0.4) is 0 Å². The maximum Gasteiger partial charge on any atom is 0.274 e. The lowest BCUT2D eigenvalue weighted by Gasteiger charge is -2.22. The van der Waals surface area contributed by atoms with Crippen molar-refractivity contribution in [2.45, 2.75) is 19.9 Å². The minimum atomic E-state index is -0.358. The van der Waals surface area contributed by atoms with Crippen molar-refractivity contribution < 1.29 is 4.92 Å². The topological polar surface area (TPSA) is 70.8 Å². The van der Waals surface area contributed by atoms with Gasteiger partial charge in [-0.25, -0.2) is 4.99 Å². The summed E-state index contributed by atoms with van der Waals surface area (Å²) in [6.45, 7) is 3.90. The van der Waals surface area contributed by atoms with E-state index >= 15 is 0 Å². The van der Waals surface area contributed by atoms with Gasteiger partial charge in [-0.05, 0) is 25.0 Å². The van der Waals surface area contributed by atoms with Crippen molar-refractivity contribution in [1.82, 2.24) is 5.32 Å². The Morgan fingerprint density at radius 2 is 2.00 bits per heavy atom. The van der Waals surface area contributed by atoms with E-state index in [1.165, 1.54) is 11.6 Å². The van der Waals surface area contributed by atoms with Gasteiger partial charge in [-0.3, -0.25) is 10.1 Å². The van der Waals surface area contributed by atoms with Gasteiger partial charge in [0.05, 0.1) is 17.0 Å². The molecular weight excluding hydrogens is 304 g/mol. The van der Waals surface area contributed by atoms with Crippen LogP contribution < -0.4 is 10.2 Å². The molecule has 1 N–H and O–H groups in total. The molecule has 0 spiro atoms. The Hall–Kier alpha value is -2.89. The van der Waals surface area contributed by atoms with Crippen molar-refractivity contribution in [2.75, 3.05) is 18.0 Å². The second kappa shape index (κ2) is 7.12. The Morgan fingerprint density at radius 3 is 2.79 bits per heavy atom. The maximum absolute atomic E-state index is 11.1. The average molecular weight is 324 g/mol. The molecular formula is C18H20N4O2. The first-order valence-electron chi connectivity index (χ1n) is 8.06. The minimum Gasteiger partial charge on any atom is -0.356 e. The predicted octanol–water partition coefficient (Wildman–Crippen LogP) is 3.12. The van der Waals surface area contributed by atoms with E-state index in [1.807, 2.05) is 19.1 Å². The van der Waals surface area contributed by atoms with E-state index in [0.29, 0.717) is 5.56 Å². The highest BCUT2D eigenvalue weighted by Gasteiger charge is 2.22. The number of aliphatic imine (C=N–C) groups is 1. The third kappa shape index (κ3) is 3.22. The SMILES string of the molecule is CCNC(=NCc1ccccc1[N+](=O)[O-])N1CCc2ccccc21. The summed E-state index contributed by atoms with van der Waals surface area (Å²) in [6, 6.07) is 15.0. The Balaban J connectivity index is 1.87. The molecule has 3 rings (SSSR count). The summed E-state index contributed by atoms with van der Waals surface area (Å²) in [4.78, 5) is 17.6. The Labute approximate surface area is 141 Å². The van der Waals surface area contributed by atoms with Crippen LogP contribution >= 0.6 is 0 Å². The van der Waals surface area contributed by atoms with Gasteiger partial charge in [-0.2, -0.15) is 0 Å². The summed E-state index contributed by atoms with van der Waals surface area (Å²) in [6.07, 6.45) is 0.978. The molecule has 0 aliphatic carbocycles. The number of nitrogens with one attached hydrogen (secondary N) is 1. The van der Waals surface area contributed by atoms with Gasteiger partial charge in [0.2, 0.25) is 0 Å². The van der Waals surface area contributed by atoms with Crippen molar-refractivity contribution in [1.29, 1.82) is 0 Å². The van der Waals surface area contributed by atoms with Gasteiger partial charge in [-0.15, -0.1) is 0 Å². The van der Waals surface area contributed by atoms with Gasteiger partial charge in [0, 0.05) is 24.8 Å². The third-order valence-corrected chi connectivity index (χ3v) is 4.07. The van der Waals surface area contributed by atoms with Crippen molar-refractivity contribution >= 4 is 17.3 Å². The predicted molar refractivity (Wildman–Crippen MR) is 95.4 cm³/mol. The van der Waals surface area contributed by atoms with E-state index in [-0.39, 0.29) is 17.2 Å². The molecule has 0 aromatic heterocycles. The minimum absolute atomic E-state index is 0.110. The number of fused-ring (bicyclic) bond motifs is 1. The fourth-order valence-electron chi connectivity index (χ4n) is 2.94. The molecule has 0 radical (unpaired) electrons. The van der Waals surface area contributed by atoms with E-state index in [2.05, 4.69) is 27.3 Å². The Morgan fingerprint density at radius 1 is 1.25 bits per heavy atom. The van der Waals surface area contributed by atoms with E-state index in [1.54, 1.807) is 18.2 Å². The van der Waals surface area contributed by atoms with Crippen LogP contribution in [0.25, 0.3) is 0 Å². The lowest BCUT2D eigenvalue weighted by molar-refractivity contribution is -0.385. The molecule has 1 heterocycles. The summed E-state index contributed by atoms with van der Waals surface area (Å²) in [7, 11) is 0. The zero-order chi connectivity index (χ0) is 16.9. The van der Waals surface area contributed by atoms with Crippen LogP contribution in [0.15, 0.2) is 53.5 Å². The van der Waals surface area contributed by atoms with Gasteiger partial charge < -0.3 is 10.2 Å². The van der Waals surface area contributed by atoms with E-state index in [0.717, 1.165) is 31.2 Å². The van der Waals surface area contributed by atoms with Gasteiger partial charge in [0.1, 0.15) is 0 Å². The summed E-state index contributed by atoms with van der Waals surface area (Å²) in [5, 5.41) is 14.4. The van der Waals surface area contributed by atoms with Crippen LogP contribution in [-0.4, -0.2) is 24.0 Å². The molecule has 1 aliphatic rings. The molecule has 0 saturated heterocycles. The number of nitro benzene ring substituents is 1. The van der Waals surface area contributed by atoms with Crippen LogP contribution in [0, 0.1) is 10.1 Å².